The molecule has 156 valence electrons. The van der Waals surface area contributed by atoms with Crippen molar-refractivity contribution in [3.05, 3.63) is 54.0 Å². The zero-order valence-corrected chi connectivity index (χ0v) is 18.8. The Morgan fingerprint density at radius 1 is 1.00 bits per heavy atom. The molecule has 0 radical (unpaired) electrons. The lowest BCUT2D eigenvalue weighted by atomic mass is 10.2. The van der Waals surface area contributed by atoms with Gasteiger partial charge in [-0.2, -0.15) is 0 Å². The SMILES string of the molecule is CN=C(NCCCOCc1ccco1)NCCOCc1ccccc1OC.I. The minimum absolute atomic E-state index is 0. The molecule has 8 heteroatoms. The molecule has 2 aromatic rings. The third-order valence-electron chi connectivity index (χ3n) is 3.79. The zero-order valence-electron chi connectivity index (χ0n) is 16.5. The Morgan fingerprint density at radius 2 is 1.79 bits per heavy atom. The van der Waals surface area contributed by atoms with Crippen molar-refractivity contribution >= 4 is 29.9 Å². The van der Waals surface area contributed by atoms with Crippen LogP contribution >= 0.6 is 24.0 Å². The molecule has 0 aliphatic carbocycles. The van der Waals surface area contributed by atoms with Crippen LogP contribution in [0.5, 0.6) is 5.75 Å². The van der Waals surface area contributed by atoms with Crippen molar-refractivity contribution in [1.29, 1.82) is 0 Å². The second-order valence-electron chi connectivity index (χ2n) is 5.78. The lowest BCUT2D eigenvalue weighted by Gasteiger charge is -2.13. The van der Waals surface area contributed by atoms with Gasteiger partial charge < -0.3 is 29.3 Å². The van der Waals surface area contributed by atoms with E-state index in [1.807, 2.05) is 36.4 Å². The van der Waals surface area contributed by atoms with E-state index in [-0.39, 0.29) is 24.0 Å². The van der Waals surface area contributed by atoms with Crippen molar-refractivity contribution in [2.75, 3.05) is 40.5 Å². The van der Waals surface area contributed by atoms with E-state index in [0.29, 0.717) is 33.0 Å². The highest BCUT2D eigenvalue weighted by molar-refractivity contribution is 14.0. The molecule has 0 spiro atoms. The van der Waals surface area contributed by atoms with Crippen LogP contribution in [0.3, 0.4) is 0 Å². The summed E-state index contributed by atoms with van der Waals surface area (Å²) in [5.41, 5.74) is 1.04. The first-order valence-corrected chi connectivity index (χ1v) is 9.07. The average Bonchev–Trinajstić information content (AvgIpc) is 3.22. The Kier molecular flexibility index (Phi) is 13.2. The normalized spacial score (nSPS) is 11.0. The van der Waals surface area contributed by atoms with Crippen LogP contribution in [0.2, 0.25) is 0 Å². The van der Waals surface area contributed by atoms with Crippen molar-refractivity contribution in [2.24, 2.45) is 4.99 Å². The topological polar surface area (TPSA) is 77.3 Å². The summed E-state index contributed by atoms with van der Waals surface area (Å²) in [6.45, 7) is 3.70. The number of halogens is 1. The zero-order chi connectivity index (χ0) is 19.2. The van der Waals surface area contributed by atoms with Crippen LogP contribution in [-0.4, -0.2) is 46.4 Å². The maximum atomic E-state index is 5.70. The number of furan rings is 1. The Hall–Kier alpha value is -1.78. The van der Waals surface area contributed by atoms with E-state index in [0.717, 1.165) is 36.0 Å². The number of methoxy groups -OCH3 is 1. The number of guanidine groups is 1. The van der Waals surface area contributed by atoms with Gasteiger partial charge >= 0.3 is 0 Å². The summed E-state index contributed by atoms with van der Waals surface area (Å²) in [4.78, 5) is 4.19. The van der Waals surface area contributed by atoms with Gasteiger partial charge in [0, 0.05) is 32.3 Å². The average molecular weight is 503 g/mol. The maximum absolute atomic E-state index is 5.70. The summed E-state index contributed by atoms with van der Waals surface area (Å²) in [5, 5.41) is 6.47. The molecule has 0 aliphatic rings. The highest BCUT2D eigenvalue weighted by Gasteiger charge is 2.02. The minimum atomic E-state index is 0. The summed E-state index contributed by atoms with van der Waals surface area (Å²) in [7, 11) is 3.41. The van der Waals surface area contributed by atoms with Crippen LogP contribution in [0.4, 0.5) is 0 Å². The number of para-hydroxylation sites is 1. The molecule has 0 saturated carbocycles. The lowest BCUT2D eigenvalue weighted by Crippen LogP contribution is -2.39. The Morgan fingerprint density at radius 3 is 2.54 bits per heavy atom. The molecule has 1 heterocycles. The summed E-state index contributed by atoms with van der Waals surface area (Å²) >= 11 is 0. The molecule has 0 atom stereocenters. The van der Waals surface area contributed by atoms with Crippen LogP contribution in [-0.2, 0) is 22.7 Å². The molecule has 2 rings (SSSR count). The number of ether oxygens (including phenoxy) is 3. The van der Waals surface area contributed by atoms with E-state index in [1.165, 1.54) is 0 Å². The van der Waals surface area contributed by atoms with Crippen molar-refractivity contribution in [3.8, 4) is 5.75 Å². The number of nitrogens with one attached hydrogen (secondary N) is 2. The van der Waals surface area contributed by atoms with Gasteiger partial charge in [-0.3, -0.25) is 4.99 Å². The number of aliphatic imine (C=N–C) groups is 1. The highest BCUT2D eigenvalue weighted by Crippen LogP contribution is 2.17. The minimum Gasteiger partial charge on any atom is -0.496 e. The van der Waals surface area contributed by atoms with Crippen molar-refractivity contribution in [3.63, 3.8) is 0 Å². The number of rotatable bonds is 12. The molecule has 1 aromatic carbocycles. The van der Waals surface area contributed by atoms with Crippen LogP contribution < -0.4 is 15.4 Å². The second-order valence-corrected chi connectivity index (χ2v) is 5.78. The Bertz CT molecular complexity index is 665. The van der Waals surface area contributed by atoms with E-state index in [4.69, 9.17) is 18.6 Å². The fraction of sp³-hybridized carbons (Fsp3) is 0.450. The third kappa shape index (κ3) is 9.43. The van der Waals surface area contributed by atoms with E-state index < -0.39 is 0 Å². The molecular weight excluding hydrogens is 473 g/mol. The van der Waals surface area contributed by atoms with Crippen LogP contribution in [0.1, 0.15) is 17.7 Å². The molecule has 0 bridgehead atoms. The van der Waals surface area contributed by atoms with Crippen LogP contribution in [0, 0.1) is 0 Å². The fourth-order valence-electron chi connectivity index (χ4n) is 2.42. The summed E-state index contributed by atoms with van der Waals surface area (Å²) in [5.74, 6) is 2.44. The fourth-order valence-corrected chi connectivity index (χ4v) is 2.42. The largest absolute Gasteiger partial charge is 0.496 e. The molecule has 2 N–H and O–H groups in total. The van der Waals surface area contributed by atoms with Crippen molar-refractivity contribution in [1.82, 2.24) is 10.6 Å². The van der Waals surface area contributed by atoms with Gasteiger partial charge in [0.15, 0.2) is 5.96 Å². The molecule has 1 aromatic heterocycles. The van der Waals surface area contributed by atoms with E-state index in [9.17, 15) is 0 Å². The van der Waals surface area contributed by atoms with Gasteiger partial charge in [0.1, 0.15) is 18.1 Å². The quantitative estimate of drug-likeness (QED) is 0.201. The summed E-state index contributed by atoms with van der Waals surface area (Å²) in [6, 6.07) is 11.6. The smallest absolute Gasteiger partial charge is 0.191 e. The predicted molar refractivity (Wildman–Crippen MR) is 120 cm³/mol. The number of nitrogens with zero attached hydrogens (tertiary/aromatic N) is 1. The molecule has 7 nitrogen and oxygen atoms in total. The molecule has 28 heavy (non-hydrogen) atoms. The molecule has 0 amide bonds. The van der Waals surface area contributed by atoms with Gasteiger partial charge in [0.2, 0.25) is 0 Å². The molecule has 0 aliphatic heterocycles. The first-order chi connectivity index (χ1) is 13.3. The standard InChI is InChI=1S/C20H29N3O4.HI/c1-21-20(22-10-6-12-25-16-18-8-5-13-27-18)23-11-14-26-15-17-7-3-4-9-19(17)24-2;/h3-5,7-9,13H,6,10-12,14-16H2,1-2H3,(H2,21,22,23);1H. The van der Waals surface area contributed by atoms with Gasteiger partial charge in [-0.15, -0.1) is 24.0 Å². The first-order valence-electron chi connectivity index (χ1n) is 9.07. The number of benzene rings is 1. The first kappa shape index (κ1) is 24.3. The van der Waals surface area contributed by atoms with E-state index in [2.05, 4.69) is 15.6 Å². The Balaban J connectivity index is 0.00000392. The summed E-state index contributed by atoms with van der Waals surface area (Å²) < 4.78 is 21.8. The van der Waals surface area contributed by atoms with Gasteiger partial charge in [-0.1, -0.05) is 18.2 Å². The second kappa shape index (κ2) is 15.2. The Labute approximate surface area is 183 Å². The van der Waals surface area contributed by atoms with E-state index in [1.54, 1.807) is 20.4 Å². The van der Waals surface area contributed by atoms with Crippen LogP contribution in [0.25, 0.3) is 0 Å². The van der Waals surface area contributed by atoms with Gasteiger partial charge in [0.25, 0.3) is 0 Å². The van der Waals surface area contributed by atoms with Gasteiger partial charge in [-0.05, 0) is 24.6 Å². The molecule has 0 unspecified atom stereocenters. The molecular formula is C20H30IN3O4. The third-order valence-corrected chi connectivity index (χ3v) is 3.79. The molecule has 0 saturated heterocycles. The maximum Gasteiger partial charge on any atom is 0.191 e. The molecule has 0 fully saturated rings. The monoisotopic (exact) mass is 503 g/mol. The lowest BCUT2D eigenvalue weighted by molar-refractivity contribution is 0.105. The van der Waals surface area contributed by atoms with Crippen molar-refractivity contribution < 1.29 is 18.6 Å². The van der Waals surface area contributed by atoms with Crippen molar-refractivity contribution in [2.45, 2.75) is 19.6 Å². The number of hydrogen-bond acceptors (Lipinski definition) is 5. The summed E-state index contributed by atoms with van der Waals surface area (Å²) in [6.07, 6.45) is 2.53. The number of hydrogen-bond donors (Lipinski definition) is 2. The van der Waals surface area contributed by atoms with Gasteiger partial charge in [0.05, 0.1) is 26.6 Å². The van der Waals surface area contributed by atoms with Crippen LogP contribution in [0.15, 0.2) is 52.1 Å². The highest BCUT2D eigenvalue weighted by atomic mass is 127. The van der Waals surface area contributed by atoms with E-state index >= 15 is 0 Å². The van der Waals surface area contributed by atoms with Gasteiger partial charge in [-0.25, -0.2) is 0 Å². The predicted octanol–water partition coefficient (Wildman–Crippen LogP) is 3.19.